The van der Waals surface area contributed by atoms with Crippen LogP contribution in [0, 0.1) is 12.7 Å². The number of halogens is 5. The average Bonchev–Trinajstić information content (AvgIpc) is 2.32. The van der Waals surface area contributed by atoms with Crippen LogP contribution in [0.3, 0.4) is 0 Å². The summed E-state index contributed by atoms with van der Waals surface area (Å²) in [6, 6.07) is 2.52. The minimum absolute atomic E-state index is 0.0439. The molecule has 2 nitrogen and oxygen atoms in total. The number of nitrogens with zero attached hydrogens (tertiary/aromatic N) is 1. The molecule has 102 valence electrons. The minimum Gasteiger partial charge on any atom is -0.387 e. The number of nitrogens with one attached hydrogen (secondary N) is 1. The van der Waals surface area contributed by atoms with Crippen LogP contribution in [0.1, 0.15) is 11.3 Å². The minimum atomic E-state index is -4.59. The molecule has 0 radical (unpaired) electrons. The third-order valence-electron chi connectivity index (χ3n) is 2.80. The fraction of sp³-hybridized carbons (Fsp3) is 0.250. The lowest BCUT2D eigenvalue weighted by Crippen LogP contribution is -2.13. The molecule has 7 heteroatoms. The molecule has 1 heterocycles. The Hall–Kier alpha value is -1.37. The first-order chi connectivity index (χ1) is 8.77. The second-order valence-electron chi connectivity index (χ2n) is 3.96. The molecule has 0 saturated carbocycles. The predicted molar refractivity (Wildman–Crippen MR) is 68.7 cm³/mol. The second kappa shape index (κ2) is 4.63. The molecule has 0 bridgehead atoms. The van der Waals surface area contributed by atoms with E-state index in [0.29, 0.717) is 4.47 Å². The van der Waals surface area contributed by atoms with E-state index in [4.69, 9.17) is 0 Å². The molecule has 0 aliphatic rings. The molecule has 1 aromatic carbocycles. The van der Waals surface area contributed by atoms with Crippen molar-refractivity contribution in [3.63, 3.8) is 0 Å². The summed E-state index contributed by atoms with van der Waals surface area (Å²) in [6.45, 7) is 1.27. The number of hydrogen-bond donors (Lipinski definition) is 1. The zero-order chi connectivity index (χ0) is 14.4. The zero-order valence-electron chi connectivity index (χ0n) is 9.99. The van der Waals surface area contributed by atoms with Crippen molar-refractivity contribution in [1.29, 1.82) is 0 Å². The van der Waals surface area contributed by atoms with Crippen LogP contribution in [-0.4, -0.2) is 12.0 Å². The van der Waals surface area contributed by atoms with Crippen LogP contribution in [0.2, 0.25) is 0 Å². The number of hydrogen-bond acceptors (Lipinski definition) is 2. The maximum Gasteiger partial charge on any atom is 0.433 e. The molecule has 1 N–H and O–H groups in total. The second-order valence-corrected chi connectivity index (χ2v) is 4.82. The summed E-state index contributed by atoms with van der Waals surface area (Å²) < 4.78 is 52.9. The fourth-order valence-corrected chi connectivity index (χ4v) is 2.40. The van der Waals surface area contributed by atoms with Gasteiger partial charge in [0.05, 0.1) is 16.6 Å². The third kappa shape index (κ3) is 2.27. The molecule has 2 rings (SSSR count). The number of aromatic nitrogens is 1. The highest BCUT2D eigenvalue weighted by Gasteiger charge is 2.36. The van der Waals surface area contributed by atoms with Crippen molar-refractivity contribution in [1.82, 2.24) is 4.98 Å². The summed E-state index contributed by atoms with van der Waals surface area (Å²) in [5.74, 6) is -0.619. The molecule has 0 unspecified atom stereocenters. The quantitative estimate of drug-likeness (QED) is 0.775. The van der Waals surface area contributed by atoms with Crippen molar-refractivity contribution in [3.05, 3.63) is 33.7 Å². The van der Waals surface area contributed by atoms with E-state index in [2.05, 4.69) is 26.2 Å². The maximum absolute atomic E-state index is 13.8. The SMILES string of the molecule is CNc1c(C)c(C(F)(F)F)nc2c(Br)ccc(F)c12. The molecule has 0 amide bonds. The first-order valence-electron chi connectivity index (χ1n) is 5.30. The molecule has 0 saturated heterocycles. The van der Waals surface area contributed by atoms with Crippen molar-refractivity contribution in [2.75, 3.05) is 12.4 Å². The Kier molecular flexibility index (Phi) is 3.42. The molecule has 1 aromatic heterocycles. The number of benzene rings is 1. The summed E-state index contributed by atoms with van der Waals surface area (Å²) in [4.78, 5) is 3.56. The van der Waals surface area contributed by atoms with Crippen molar-refractivity contribution in [2.45, 2.75) is 13.1 Å². The number of fused-ring (bicyclic) bond motifs is 1. The summed E-state index contributed by atoms with van der Waals surface area (Å²) in [5.41, 5.74) is -1.10. The Labute approximate surface area is 115 Å². The number of anilines is 1. The van der Waals surface area contributed by atoms with Gasteiger partial charge in [0.15, 0.2) is 0 Å². The molecule has 0 aliphatic carbocycles. The molecule has 0 fully saturated rings. The predicted octanol–water partition coefficient (Wildman–Crippen LogP) is 4.51. The largest absolute Gasteiger partial charge is 0.433 e. The van der Waals surface area contributed by atoms with E-state index in [-0.39, 0.29) is 22.2 Å². The van der Waals surface area contributed by atoms with Gasteiger partial charge < -0.3 is 5.32 Å². The molecule has 2 aromatic rings. The van der Waals surface area contributed by atoms with E-state index in [1.165, 1.54) is 26.1 Å². The first kappa shape index (κ1) is 14.0. The van der Waals surface area contributed by atoms with E-state index >= 15 is 0 Å². The van der Waals surface area contributed by atoms with Crippen LogP contribution >= 0.6 is 15.9 Å². The van der Waals surface area contributed by atoms with Crippen LogP contribution in [0.25, 0.3) is 10.9 Å². The Balaban J connectivity index is 2.99. The van der Waals surface area contributed by atoms with Gasteiger partial charge in [-0.3, -0.25) is 0 Å². The molecule has 19 heavy (non-hydrogen) atoms. The Morgan fingerprint density at radius 2 is 1.89 bits per heavy atom. The number of rotatable bonds is 1. The van der Waals surface area contributed by atoms with E-state index in [9.17, 15) is 17.6 Å². The topological polar surface area (TPSA) is 24.9 Å². The molecule has 0 aliphatic heterocycles. The van der Waals surface area contributed by atoms with Gasteiger partial charge in [0.1, 0.15) is 11.5 Å². The highest BCUT2D eigenvalue weighted by Crippen LogP contribution is 2.39. The van der Waals surface area contributed by atoms with Crippen molar-refractivity contribution >= 4 is 32.5 Å². The van der Waals surface area contributed by atoms with Gasteiger partial charge in [-0.1, -0.05) is 0 Å². The molecule has 0 atom stereocenters. The molecular formula is C12H9BrF4N2. The van der Waals surface area contributed by atoms with E-state index in [0.717, 1.165) is 0 Å². The molecule has 0 spiro atoms. The zero-order valence-corrected chi connectivity index (χ0v) is 11.6. The lowest BCUT2D eigenvalue weighted by molar-refractivity contribution is -0.141. The summed E-state index contributed by atoms with van der Waals surface area (Å²) in [7, 11) is 1.45. The fourth-order valence-electron chi connectivity index (χ4n) is 1.98. The molecular weight excluding hydrogens is 328 g/mol. The summed E-state index contributed by atoms with van der Waals surface area (Å²) in [6.07, 6.45) is -4.59. The highest BCUT2D eigenvalue weighted by atomic mass is 79.9. The van der Waals surface area contributed by atoms with Crippen molar-refractivity contribution in [3.8, 4) is 0 Å². The Morgan fingerprint density at radius 3 is 2.42 bits per heavy atom. The van der Waals surface area contributed by atoms with Crippen LogP contribution < -0.4 is 5.32 Å². The number of alkyl halides is 3. The highest BCUT2D eigenvalue weighted by molar-refractivity contribution is 9.10. The van der Waals surface area contributed by atoms with Crippen molar-refractivity contribution in [2.24, 2.45) is 0 Å². The van der Waals surface area contributed by atoms with Gasteiger partial charge in [0.25, 0.3) is 0 Å². The van der Waals surface area contributed by atoms with Gasteiger partial charge in [0, 0.05) is 17.1 Å². The lowest BCUT2D eigenvalue weighted by Gasteiger charge is -2.16. The van der Waals surface area contributed by atoms with Gasteiger partial charge in [-0.2, -0.15) is 13.2 Å². The van der Waals surface area contributed by atoms with Gasteiger partial charge in [-0.05, 0) is 35.0 Å². The van der Waals surface area contributed by atoms with Crippen LogP contribution in [-0.2, 0) is 6.18 Å². The average molecular weight is 337 g/mol. The van der Waals surface area contributed by atoms with Crippen LogP contribution in [0.5, 0.6) is 0 Å². The van der Waals surface area contributed by atoms with Gasteiger partial charge in [0.2, 0.25) is 0 Å². The van der Waals surface area contributed by atoms with Crippen LogP contribution in [0.4, 0.5) is 23.2 Å². The van der Waals surface area contributed by atoms with Gasteiger partial charge >= 0.3 is 6.18 Å². The van der Waals surface area contributed by atoms with Crippen molar-refractivity contribution < 1.29 is 17.6 Å². The lowest BCUT2D eigenvalue weighted by atomic mass is 10.1. The standard InChI is InChI=1S/C12H9BrF4N2/c1-5-9(18-2)8-7(14)4-3-6(13)10(8)19-11(5)12(15,16)17/h3-4H,1-2H3,(H,18,19). The van der Waals surface area contributed by atoms with Crippen LogP contribution in [0.15, 0.2) is 16.6 Å². The van der Waals surface area contributed by atoms with E-state index in [1.807, 2.05) is 0 Å². The van der Waals surface area contributed by atoms with Gasteiger partial charge in [-0.25, -0.2) is 9.37 Å². The summed E-state index contributed by atoms with van der Waals surface area (Å²) >= 11 is 3.10. The maximum atomic E-state index is 13.8. The van der Waals surface area contributed by atoms with Gasteiger partial charge in [-0.15, -0.1) is 0 Å². The summed E-state index contributed by atoms with van der Waals surface area (Å²) in [5, 5.41) is 2.66. The Morgan fingerprint density at radius 1 is 1.26 bits per heavy atom. The Bertz CT molecular complexity index is 652. The van der Waals surface area contributed by atoms with E-state index < -0.39 is 17.7 Å². The third-order valence-corrected chi connectivity index (χ3v) is 3.44. The number of pyridine rings is 1. The van der Waals surface area contributed by atoms with E-state index in [1.54, 1.807) is 0 Å². The monoisotopic (exact) mass is 336 g/mol. The smallest absolute Gasteiger partial charge is 0.387 e. The first-order valence-corrected chi connectivity index (χ1v) is 6.10. The normalized spacial score (nSPS) is 11.9.